The van der Waals surface area contributed by atoms with Gasteiger partial charge in [0.05, 0.1) is 5.56 Å². The molecule has 0 saturated carbocycles. The van der Waals surface area contributed by atoms with Crippen LogP contribution in [0.15, 0.2) is 192 Å². The Bertz CT molecular complexity index is 3230. The minimum Gasteiger partial charge on any atom is -0.455 e. The molecule has 0 amide bonds. The molecular weight excluding hydrogens is 703 g/mol. The van der Waals surface area contributed by atoms with Crippen molar-refractivity contribution in [3.05, 3.63) is 188 Å². The maximum absolute atomic E-state index is 7.00. The molecule has 3 aromatic heterocycles. The van der Waals surface area contributed by atoms with Gasteiger partial charge in [-0.1, -0.05) is 164 Å². The topological polar surface area (TPSA) is 51.8 Å². The molecule has 0 spiro atoms. The first-order valence-electron chi connectivity index (χ1n) is 18.7. The fourth-order valence-corrected chi connectivity index (χ4v) is 9.03. The van der Waals surface area contributed by atoms with Crippen LogP contribution in [0.2, 0.25) is 0 Å². The normalized spacial score (nSPS) is 11.6. The highest BCUT2D eigenvalue weighted by Crippen LogP contribution is 2.45. The van der Waals surface area contributed by atoms with E-state index in [1.807, 2.05) is 53.8 Å². The lowest BCUT2D eigenvalue weighted by atomic mass is 9.94. The molecule has 5 heteroatoms. The number of hydrogen-bond acceptors (Lipinski definition) is 5. The third-order valence-corrected chi connectivity index (χ3v) is 11.7. The summed E-state index contributed by atoms with van der Waals surface area (Å²) in [5.41, 5.74) is 11.1. The van der Waals surface area contributed by atoms with Gasteiger partial charge in [0.15, 0.2) is 17.5 Å². The summed E-state index contributed by atoms with van der Waals surface area (Å²) in [5.74, 6) is 1.77. The molecule has 0 N–H and O–H groups in total. The molecule has 0 saturated heterocycles. The van der Waals surface area contributed by atoms with E-state index in [0.29, 0.717) is 17.5 Å². The van der Waals surface area contributed by atoms with E-state index in [4.69, 9.17) is 19.4 Å². The van der Waals surface area contributed by atoms with E-state index in [-0.39, 0.29) is 0 Å². The third kappa shape index (κ3) is 5.48. The molecule has 3 heterocycles. The van der Waals surface area contributed by atoms with Crippen LogP contribution in [0, 0.1) is 0 Å². The zero-order chi connectivity index (χ0) is 37.0. The molecule has 0 aliphatic rings. The van der Waals surface area contributed by atoms with Crippen LogP contribution < -0.4 is 0 Å². The van der Waals surface area contributed by atoms with Crippen LogP contribution >= 0.6 is 11.3 Å². The summed E-state index contributed by atoms with van der Waals surface area (Å²) in [6.45, 7) is 0. The summed E-state index contributed by atoms with van der Waals surface area (Å²) in [6.07, 6.45) is 0. The van der Waals surface area contributed by atoms with Crippen molar-refractivity contribution in [2.45, 2.75) is 0 Å². The Labute approximate surface area is 327 Å². The van der Waals surface area contributed by atoms with E-state index >= 15 is 0 Å². The highest BCUT2D eigenvalue weighted by atomic mass is 32.1. The van der Waals surface area contributed by atoms with Gasteiger partial charge >= 0.3 is 0 Å². The predicted molar refractivity (Wildman–Crippen MR) is 233 cm³/mol. The van der Waals surface area contributed by atoms with Gasteiger partial charge in [-0.25, -0.2) is 15.0 Å². The average molecular weight is 734 g/mol. The van der Waals surface area contributed by atoms with Crippen molar-refractivity contribution in [2.24, 2.45) is 0 Å². The van der Waals surface area contributed by atoms with Gasteiger partial charge in [-0.2, -0.15) is 0 Å². The first kappa shape index (κ1) is 32.2. The molecule has 0 fully saturated rings. The number of thiophene rings is 1. The smallest absolute Gasteiger partial charge is 0.167 e. The van der Waals surface area contributed by atoms with E-state index in [2.05, 4.69) is 146 Å². The predicted octanol–water partition coefficient (Wildman–Crippen LogP) is 14.1. The van der Waals surface area contributed by atoms with Gasteiger partial charge in [0.25, 0.3) is 0 Å². The number of rotatable bonds is 6. The Morgan fingerprint density at radius 2 is 0.821 bits per heavy atom. The summed E-state index contributed by atoms with van der Waals surface area (Å²) in [7, 11) is 0. The van der Waals surface area contributed by atoms with Gasteiger partial charge in [-0.05, 0) is 52.1 Å². The van der Waals surface area contributed by atoms with Gasteiger partial charge in [-0.3, -0.25) is 0 Å². The standard InChI is InChI=1S/C51H31N3OS/c1-4-14-32(15-5-1)33-26-28-36(29-27-33)50-52-49(35-18-8-3-9-19-35)53-51(54-50)42-24-13-23-40-39-22-12-21-38(47(39)55-48(40)42)37-30-43(34-16-6-2-7-17-34)46-41-20-10-11-25-44(41)56-45(46)31-37/h1-31H. The van der Waals surface area contributed by atoms with Crippen molar-refractivity contribution in [3.63, 3.8) is 0 Å². The molecule has 0 aliphatic carbocycles. The van der Waals surface area contributed by atoms with E-state index in [1.165, 1.54) is 31.3 Å². The van der Waals surface area contributed by atoms with Crippen LogP contribution in [0.25, 0.3) is 110 Å². The highest BCUT2D eigenvalue weighted by Gasteiger charge is 2.21. The number of aromatic nitrogens is 3. The molecule has 0 unspecified atom stereocenters. The lowest BCUT2D eigenvalue weighted by molar-refractivity contribution is 0.670. The summed E-state index contributed by atoms with van der Waals surface area (Å²) >= 11 is 1.83. The number of para-hydroxylation sites is 2. The molecule has 11 aromatic rings. The average Bonchev–Trinajstić information content (AvgIpc) is 3.86. The highest BCUT2D eigenvalue weighted by molar-refractivity contribution is 7.26. The van der Waals surface area contributed by atoms with E-state index in [0.717, 1.165) is 60.9 Å². The number of hydrogen-bond donors (Lipinski definition) is 0. The minimum atomic E-state index is 0.560. The summed E-state index contributed by atoms with van der Waals surface area (Å²) in [5, 5.41) is 4.63. The van der Waals surface area contributed by atoms with Gasteiger partial charge in [-0.15, -0.1) is 11.3 Å². The van der Waals surface area contributed by atoms with E-state index < -0.39 is 0 Å². The number of furan rings is 1. The summed E-state index contributed by atoms with van der Waals surface area (Å²) in [6, 6.07) is 65.6. The third-order valence-electron chi connectivity index (χ3n) is 10.6. The van der Waals surface area contributed by atoms with Crippen molar-refractivity contribution < 1.29 is 4.42 Å². The van der Waals surface area contributed by atoms with Crippen LogP contribution in [0.4, 0.5) is 0 Å². The number of nitrogens with zero attached hydrogens (tertiary/aromatic N) is 3. The number of fused-ring (bicyclic) bond motifs is 6. The Hall–Kier alpha value is -7.21. The second-order valence-corrected chi connectivity index (χ2v) is 15.0. The van der Waals surface area contributed by atoms with Crippen molar-refractivity contribution in [1.82, 2.24) is 15.0 Å². The maximum Gasteiger partial charge on any atom is 0.167 e. The monoisotopic (exact) mass is 733 g/mol. The van der Waals surface area contributed by atoms with Crippen molar-refractivity contribution in [1.29, 1.82) is 0 Å². The molecule has 262 valence electrons. The zero-order valence-electron chi connectivity index (χ0n) is 30.1. The van der Waals surface area contributed by atoms with Crippen LogP contribution in [0.5, 0.6) is 0 Å². The Morgan fingerprint density at radius 3 is 1.52 bits per heavy atom. The first-order chi connectivity index (χ1) is 27.7. The Morgan fingerprint density at radius 1 is 0.321 bits per heavy atom. The zero-order valence-corrected chi connectivity index (χ0v) is 30.9. The Balaban J connectivity index is 1.09. The second kappa shape index (κ2) is 13.3. The van der Waals surface area contributed by atoms with E-state index in [1.54, 1.807) is 0 Å². The molecule has 8 aromatic carbocycles. The molecule has 0 bridgehead atoms. The van der Waals surface area contributed by atoms with Crippen molar-refractivity contribution in [2.75, 3.05) is 0 Å². The van der Waals surface area contributed by atoms with Gasteiger partial charge in [0.1, 0.15) is 11.2 Å². The van der Waals surface area contributed by atoms with Crippen molar-refractivity contribution in [3.8, 4) is 67.5 Å². The fourth-order valence-electron chi connectivity index (χ4n) is 7.86. The quantitative estimate of drug-likeness (QED) is 0.171. The van der Waals surface area contributed by atoms with Gasteiger partial charge < -0.3 is 4.42 Å². The summed E-state index contributed by atoms with van der Waals surface area (Å²) in [4.78, 5) is 15.2. The van der Waals surface area contributed by atoms with E-state index in [9.17, 15) is 0 Å². The van der Waals surface area contributed by atoms with Crippen molar-refractivity contribution >= 4 is 53.4 Å². The van der Waals surface area contributed by atoms with Crippen LogP contribution in [0.3, 0.4) is 0 Å². The van der Waals surface area contributed by atoms with Crippen LogP contribution in [-0.2, 0) is 0 Å². The molecular formula is C51H31N3OS. The number of benzene rings is 8. The van der Waals surface area contributed by atoms with Crippen LogP contribution in [0.1, 0.15) is 0 Å². The molecule has 0 aliphatic heterocycles. The second-order valence-electron chi connectivity index (χ2n) is 13.9. The molecule has 0 atom stereocenters. The molecule has 56 heavy (non-hydrogen) atoms. The Kier molecular flexibility index (Phi) is 7.64. The lowest BCUT2D eigenvalue weighted by Gasteiger charge is -2.10. The maximum atomic E-state index is 7.00. The largest absolute Gasteiger partial charge is 0.455 e. The lowest BCUT2D eigenvalue weighted by Crippen LogP contribution is -2.00. The molecule has 4 nitrogen and oxygen atoms in total. The fraction of sp³-hybridized carbons (Fsp3) is 0. The van der Waals surface area contributed by atoms with Gasteiger partial charge in [0.2, 0.25) is 0 Å². The molecule has 0 radical (unpaired) electrons. The SMILES string of the molecule is c1ccc(-c2ccc(-c3nc(-c4ccccc4)nc(-c4cccc5c4oc4c(-c6cc(-c7ccccc7)c7c(c6)sc6ccccc67)cccc45)n3)cc2)cc1. The minimum absolute atomic E-state index is 0.560. The van der Waals surface area contributed by atoms with Crippen LogP contribution in [-0.4, -0.2) is 15.0 Å². The molecule has 11 rings (SSSR count). The first-order valence-corrected chi connectivity index (χ1v) is 19.5. The van der Waals surface area contributed by atoms with Gasteiger partial charge in [0, 0.05) is 47.6 Å². The summed E-state index contributed by atoms with van der Waals surface area (Å²) < 4.78 is 9.53.